The van der Waals surface area contributed by atoms with E-state index in [1.807, 2.05) is 6.92 Å². The quantitative estimate of drug-likeness (QED) is 0.665. The minimum absolute atomic E-state index is 0.201. The molecule has 0 heterocycles. The topological polar surface area (TPSA) is 95.4 Å². The van der Waals surface area contributed by atoms with E-state index in [1.54, 1.807) is 0 Å². The summed E-state index contributed by atoms with van der Waals surface area (Å²) in [5.41, 5.74) is 5.22. The lowest BCUT2D eigenvalue weighted by atomic mass is 10.3. The standard InChI is InChI=1S/C5H13NO3S.C3H7N/c1-2-3-4-5-9-10(6,7)8;4-3-1-2-3/h2-5H2,1H3,(H2,6,7,8);3H,1-2,4H2. The first-order valence-corrected chi connectivity index (χ1v) is 6.35. The third-order valence-corrected chi connectivity index (χ3v) is 2.11. The van der Waals surface area contributed by atoms with Crippen LogP contribution in [0.15, 0.2) is 0 Å². The zero-order valence-electron chi connectivity index (χ0n) is 8.61. The van der Waals surface area contributed by atoms with Crippen molar-refractivity contribution < 1.29 is 12.6 Å². The Bertz CT molecular complexity index is 225. The Balaban J connectivity index is 0.000000344. The molecule has 1 rings (SSSR count). The summed E-state index contributed by atoms with van der Waals surface area (Å²) in [5, 5.41) is 4.57. The molecule has 0 amide bonds. The summed E-state index contributed by atoms with van der Waals surface area (Å²) >= 11 is 0. The highest BCUT2D eigenvalue weighted by atomic mass is 32.2. The molecular formula is C8H20N2O3S. The van der Waals surface area contributed by atoms with Gasteiger partial charge in [-0.1, -0.05) is 19.8 Å². The molecule has 0 bridgehead atoms. The second kappa shape index (κ2) is 7.17. The van der Waals surface area contributed by atoms with Crippen LogP contribution in [-0.2, 0) is 14.5 Å². The number of hydrogen-bond donors (Lipinski definition) is 2. The van der Waals surface area contributed by atoms with Crippen LogP contribution >= 0.6 is 0 Å². The molecule has 6 heteroatoms. The Labute approximate surface area is 86.1 Å². The van der Waals surface area contributed by atoms with E-state index in [9.17, 15) is 8.42 Å². The first kappa shape index (κ1) is 13.8. The van der Waals surface area contributed by atoms with Gasteiger partial charge >= 0.3 is 10.3 Å². The van der Waals surface area contributed by atoms with Gasteiger partial charge < -0.3 is 5.73 Å². The molecule has 0 aliphatic heterocycles. The number of hydrogen-bond acceptors (Lipinski definition) is 4. The molecule has 1 fully saturated rings. The first-order valence-electron chi connectivity index (χ1n) is 4.88. The van der Waals surface area contributed by atoms with Gasteiger partial charge in [0, 0.05) is 6.04 Å². The van der Waals surface area contributed by atoms with Gasteiger partial charge in [0.1, 0.15) is 0 Å². The first-order chi connectivity index (χ1) is 6.45. The van der Waals surface area contributed by atoms with Gasteiger partial charge in [-0.25, -0.2) is 5.14 Å². The molecule has 0 aromatic carbocycles. The maximum atomic E-state index is 10.1. The van der Waals surface area contributed by atoms with Crippen molar-refractivity contribution >= 4 is 10.3 Å². The minimum atomic E-state index is -3.70. The van der Waals surface area contributed by atoms with Gasteiger partial charge in [-0.15, -0.1) is 0 Å². The van der Waals surface area contributed by atoms with Crippen molar-refractivity contribution in [3.05, 3.63) is 0 Å². The third-order valence-electron chi connectivity index (χ3n) is 1.62. The molecule has 5 nitrogen and oxygen atoms in total. The summed E-state index contributed by atoms with van der Waals surface area (Å²) in [4.78, 5) is 0. The second-order valence-electron chi connectivity index (χ2n) is 3.36. The van der Waals surface area contributed by atoms with Crippen LogP contribution in [0.25, 0.3) is 0 Å². The van der Waals surface area contributed by atoms with Gasteiger partial charge in [0.05, 0.1) is 6.61 Å². The molecule has 0 aromatic heterocycles. The monoisotopic (exact) mass is 224 g/mol. The van der Waals surface area contributed by atoms with E-state index in [4.69, 9.17) is 5.73 Å². The summed E-state index contributed by atoms with van der Waals surface area (Å²) in [6, 6.07) is 0.583. The fourth-order valence-electron chi connectivity index (χ4n) is 0.623. The van der Waals surface area contributed by atoms with Crippen molar-refractivity contribution in [3.63, 3.8) is 0 Å². The second-order valence-corrected chi connectivity index (χ2v) is 4.58. The molecule has 1 aliphatic carbocycles. The number of rotatable bonds is 5. The van der Waals surface area contributed by atoms with E-state index >= 15 is 0 Å². The molecule has 4 N–H and O–H groups in total. The molecule has 0 radical (unpaired) electrons. The molecule has 0 unspecified atom stereocenters. The SMILES string of the molecule is CCCCCOS(N)(=O)=O.NC1CC1. The highest BCUT2D eigenvalue weighted by Gasteiger charge is 2.13. The predicted molar refractivity (Wildman–Crippen MR) is 55.8 cm³/mol. The van der Waals surface area contributed by atoms with Gasteiger partial charge in [-0.05, 0) is 19.3 Å². The Kier molecular flexibility index (Phi) is 7.08. The van der Waals surface area contributed by atoms with E-state index in [2.05, 4.69) is 9.32 Å². The van der Waals surface area contributed by atoms with E-state index in [0.29, 0.717) is 6.04 Å². The largest absolute Gasteiger partial charge is 0.333 e. The van der Waals surface area contributed by atoms with Gasteiger partial charge in [-0.3, -0.25) is 4.18 Å². The van der Waals surface area contributed by atoms with Crippen LogP contribution in [0, 0.1) is 0 Å². The van der Waals surface area contributed by atoms with Crippen LogP contribution in [0.2, 0.25) is 0 Å². The molecule has 86 valence electrons. The lowest BCUT2D eigenvalue weighted by Crippen LogP contribution is -2.16. The fraction of sp³-hybridized carbons (Fsp3) is 1.00. The Morgan fingerprint density at radius 1 is 1.36 bits per heavy atom. The summed E-state index contributed by atoms with van der Waals surface area (Å²) in [6.45, 7) is 2.23. The predicted octanol–water partition coefficient (Wildman–Crippen LogP) is 0.504. The highest BCUT2D eigenvalue weighted by molar-refractivity contribution is 7.84. The molecule has 0 atom stereocenters. The molecule has 1 aliphatic rings. The summed E-state index contributed by atoms with van der Waals surface area (Å²) < 4.78 is 24.6. The number of unbranched alkanes of at least 4 members (excludes halogenated alkanes) is 2. The van der Waals surface area contributed by atoms with Crippen molar-refractivity contribution in [1.82, 2.24) is 0 Å². The summed E-state index contributed by atoms with van der Waals surface area (Å²) in [5.74, 6) is 0. The zero-order valence-corrected chi connectivity index (χ0v) is 9.42. The van der Waals surface area contributed by atoms with Crippen LogP contribution in [0.5, 0.6) is 0 Å². The summed E-state index contributed by atoms with van der Waals surface area (Å²) in [7, 11) is -3.70. The van der Waals surface area contributed by atoms with Gasteiger partial charge in [-0.2, -0.15) is 8.42 Å². The van der Waals surface area contributed by atoms with Crippen molar-refractivity contribution in [2.75, 3.05) is 6.61 Å². The molecular weight excluding hydrogens is 204 g/mol. The van der Waals surface area contributed by atoms with Crippen molar-refractivity contribution in [2.24, 2.45) is 10.9 Å². The van der Waals surface area contributed by atoms with Crippen molar-refractivity contribution in [3.8, 4) is 0 Å². The van der Waals surface area contributed by atoms with E-state index in [0.717, 1.165) is 19.3 Å². The van der Waals surface area contributed by atoms with Crippen LogP contribution in [-0.4, -0.2) is 21.1 Å². The van der Waals surface area contributed by atoms with E-state index in [1.165, 1.54) is 12.8 Å². The van der Waals surface area contributed by atoms with Crippen LogP contribution in [0.1, 0.15) is 39.0 Å². The molecule has 0 spiro atoms. The maximum absolute atomic E-state index is 10.1. The van der Waals surface area contributed by atoms with Crippen LogP contribution in [0.3, 0.4) is 0 Å². The molecule has 1 saturated carbocycles. The smallest absolute Gasteiger partial charge is 0.328 e. The molecule has 14 heavy (non-hydrogen) atoms. The number of nitrogens with two attached hydrogens (primary N) is 2. The lowest BCUT2D eigenvalue weighted by molar-refractivity contribution is 0.308. The normalized spacial score (nSPS) is 15.9. The molecule has 0 saturated heterocycles. The van der Waals surface area contributed by atoms with E-state index in [-0.39, 0.29) is 6.61 Å². The lowest BCUT2D eigenvalue weighted by Gasteiger charge is -1.97. The van der Waals surface area contributed by atoms with Crippen molar-refractivity contribution in [1.29, 1.82) is 0 Å². The van der Waals surface area contributed by atoms with Gasteiger partial charge in [0.15, 0.2) is 0 Å². The van der Waals surface area contributed by atoms with Gasteiger partial charge in [0.2, 0.25) is 0 Å². The summed E-state index contributed by atoms with van der Waals surface area (Å²) in [6.07, 6.45) is 5.27. The Morgan fingerprint density at radius 3 is 2.14 bits per heavy atom. The highest BCUT2D eigenvalue weighted by Crippen LogP contribution is 2.13. The van der Waals surface area contributed by atoms with Crippen molar-refractivity contribution in [2.45, 2.75) is 45.1 Å². The fourth-order valence-corrected chi connectivity index (χ4v) is 0.974. The Morgan fingerprint density at radius 2 is 1.86 bits per heavy atom. The van der Waals surface area contributed by atoms with Gasteiger partial charge in [0.25, 0.3) is 0 Å². The minimum Gasteiger partial charge on any atom is -0.328 e. The van der Waals surface area contributed by atoms with E-state index < -0.39 is 10.3 Å². The Hall–Kier alpha value is -0.170. The maximum Gasteiger partial charge on any atom is 0.333 e. The average Bonchev–Trinajstić information content (AvgIpc) is 2.81. The zero-order chi connectivity index (χ0) is 11.0. The van der Waals surface area contributed by atoms with Crippen LogP contribution in [0.4, 0.5) is 0 Å². The average molecular weight is 224 g/mol. The third kappa shape index (κ3) is 14.4. The van der Waals surface area contributed by atoms with Crippen LogP contribution < -0.4 is 10.9 Å². The molecule has 0 aromatic rings.